The number of hydrogen-bond donors (Lipinski definition) is 2. The lowest BCUT2D eigenvalue weighted by atomic mass is 9.90. The first-order valence-electron chi connectivity index (χ1n) is 6.66. The lowest BCUT2D eigenvalue weighted by molar-refractivity contribution is -0.130. The fourth-order valence-electron chi connectivity index (χ4n) is 2.31. The zero-order chi connectivity index (χ0) is 15.6. The maximum atomic E-state index is 13.5. The Morgan fingerprint density at radius 2 is 2.00 bits per heavy atom. The van der Waals surface area contributed by atoms with Crippen LogP contribution in [0.2, 0.25) is 10.0 Å². The van der Waals surface area contributed by atoms with E-state index in [0.29, 0.717) is 36.6 Å². The summed E-state index contributed by atoms with van der Waals surface area (Å²) in [6, 6.07) is 2.05. The molecule has 1 fully saturated rings. The van der Waals surface area contributed by atoms with E-state index < -0.39 is 17.4 Å². The molecule has 0 bridgehead atoms. The van der Waals surface area contributed by atoms with E-state index in [0.717, 1.165) is 0 Å². The number of hydrogen-bond acceptors (Lipinski definition) is 3. The van der Waals surface area contributed by atoms with Crippen molar-refractivity contribution in [3.63, 3.8) is 0 Å². The lowest BCUT2D eigenvalue weighted by Gasteiger charge is -2.33. The number of benzene rings is 1. The van der Waals surface area contributed by atoms with E-state index in [-0.39, 0.29) is 23.3 Å². The second-order valence-electron chi connectivity index (χ2n) is 5.22. The van der Waals surface area contributed by atoms with E-state index in [2.05, 4.69) is 5.32 Å². The molecule has 1 amide bonds. The van der Waals surface area contributed by atoms with E-state index in [1.165, 1.54) is 12.1 Å². The molecule has 1 aliphatic heterocycles. The van der Waals surface area contributed by atoms with Crippen molar-refractivity contribution >= 4 is 41.5 Å². The lowest BCUT2D eigenvalue weighted by Crippen LogP contribution is -2.57. The summed E-state index contributed by atoms with van der Waals surface area (Å²) in [7, 11) is 0. The molecule has 1 atom stereocenters. The largest absolute Gasteiger partial charge is 0.381 e. The Morgan fingerprint density at radius 1 is 1.41 bits per heavy atom. The average Bonchev–Trinajstić information content (AvgIpc) is 2.44. The highest BCUT2D eigenvalue weighted by Gasteiger charge is 2.36. The SMILES string of the molecule is CC(NC(=O)C1(N)CCOCC1)c1c(Cl)ccc(F)c1Cl.Cl. The van der Waals surface area contributed by atoms with Crippen molar-refractivity contribution in [1.29, 1.82) is 0 Å². The molecule has 0 saturated carbocycles. The smallest absolute Gasteiger partial charge is 0.240 e. The van der Waals surface area contributed by atoms with Gasteiger partial charge in [0.1, 0.15) is 5.82 Å². The minimum absolute atomic E-state index is 0. The van der Waals surface area contributed by atoms with E-state index in [1.807, 2.05) is 0 Å². The third-order valence-electron chi connectivity index (χ3n) is 3.70. The number of carbonyl (C=O) groups excluding carboxylic acids is 1. The molecular formula is C14H18Cl3FN2O2. The summed E-state index contributed by atoms with van der Waals surface area (Å²) < 4.78 is 18.7. The highest BCUT2D eigenvalue weighted by molar-refractivity contribution is 6.36. The number of nitrogens with two attached hydrogens (primary N) is 1. The number of ether oxygens (including phenoxy) is 1. The molecule has 0 spiro atoms. The molecular weight excluding hydrogens is 354 g/mol. The van der Waals surface area contributed by atoms with Crippen LogP contribution in [-0.4, -0.2) is 24.7 Å². The van der Waals surface area contributed by atoms with Crippen LogP contribution in [-0.2, 0) is 9.53 Å². The average molecular weight is 372 g/mol. The van der Waals surface area contributed by atoms with Crippen LogP contribution in [0.5, 0.6) is 0 Å². The second kappa shape index (κ2) is 7.79. The molecule has 2 rings (SSSR count). The summed E-state index contributed by atoms with van der Waals surface area (Å²) >= 11 is 12.0. The first-order chi connectivity index (χ1) is 9.85. The van der Waals surface area contributed by atoms with Crippen LogP contribution in [0.1, 0.15) is 31.4 Å². The van der Waals surface area contributed by atoms with Gasteiger partial charge in [-0.25, -0.2) is 4.39 Å². The fourth-order valence-corrected chi connectivity index (χ4v) is 3.01. The summed E-state index contributed by atoms with van der Waals surface area (Å²) in [6.07, 6.45) is 0.881. The molecule has 4 nitrogen and oxygen atoms in total. The minimum Gasteiger partial charge on any atom is -0.381 e. The summed E-state index contributed by atoms with van der Waals surface area (Å²) in [4.78, 5) is 12.3. The highest BCUT2D eigenvalue weighted by atomic mass is 35.5. The summed E-state index contributed by atoms with van der Waals surface area (Å²) in [6.45, 7) is 2.58. The molecule has 0 aromatic heterocycles. The molecule has 0 radical (unpaired) electrons. The van der Waals surface area contributed by atoms with Crippen molar-refractivity contribution in [2.45, 2.75) is 31.3 Å². The topological polar surface area (TPSA) is 64.4 Å². The predicted octanol–water partition coefficient (Wildman–Crippen LogP) is 3.24. The van der Waals surface area contributed by atoms with Gasteiger partial charge < -0.3 is 15.8 Å². The van der Waals surface area contributed by atoms with Crippen LogP contribution < -0.4 is 11.1 Å². The Morgan fingerprint density at radius 3 is 2.59 bits per heavy atom. The van der Waals surface area contributed by atoms with E-state index >= 15 is 0 Å². The monoisotopic (exact) mass is 370 g/mol. The maximum Gasteiger partial charge on any atom is 0.240 e. The molecule has 1 aliphatic rings. The predicted molar refractivity (Wildman–Crippen MR) is 87.2 cm³/mol. The molecule has 0 aliphatic carbocycles. The van der Waals surface area contributed by atoms with Crippen LogP contribution in [0.25, 0.3) is 0 Å². The van der Waals surface area contributed by atoms with Gasteiger partial charge >= 0.3 is 0 Å². The fraction of sp³-hybridized carbons (Fsp3) is 0.500. The van der Waals surface area contributed by atoms with Crippen molar-refractivity contribution in [2.75, 3.05) is 13.2 Å². The summed E-state index contributed by atoms with van der Waals surface area (Å²) in [5, 5.41) is 2.97. The van der Waals surface area contributed by atoms with Crippen molar-refractivity contribution < 1.29 is 13.9 Å². The molecule has 22 heavy (non-hydrogen) atoms. The molecule has 1 heterocycles. The van der Waals surface area contributed by atoms with Gasteiger partial charge in [0.25, 0.3) is 0 Å². The quantitative estimate of drug-likeness (QED) is 0.802. The number of carbonyl (C=O) groups is 1. The van der Waals surface area contributed by atoms with E-state index in [1.54, 1.807) is 6.92 Å². The van der Waals surface area contributed by atoms with E-state index in [9.17, 15) is 9.18 Å². The molecule has 3 N–H and O–H groups in total. The standard InChI is InChI=1S/C14H17Cl2FN2O2.ClH/c1-8(11-9(15)2-3-10(17)12(11)16)19-13(20)14(18)4-6-21-7-5-14;/h2-3,8H,4-7,18H2,1H3,(H,19,20);1H. The third kappa shape index (κ3) is 4.03. The molecule has 1 unspecified atom stereocenters. The molecule has 1 aromatic rings. The van der Waals surface area contributed by atoms with Gasteiger partial charge in [0, 0.05) is 23.8 Å². The normalized spacial score (nSPS) is 18.2. The zero-order valence-electron chi connectivity index (χ0n) is 12.0. The Kier molecular flexibility index (Phi) is 6.89. The van der Waals surface area contributed by atoms with Crippen LogP contribution in [0, 0.1) is 5.82 Å². The van der Waals surface area contributed by atoms with Gasteiger partial charge in [-0.05, 0) is 31.9 Å². The van der Waals surface area contributed by atoms with Gasteiger partial charge in [0.15, 0.2) is 0 Å². The van der Waals surface area contributed by atoms with Crippen molar-refractivity contribution in [1.82, 2.24) is 5.32 Å². The summed E-state index contributed by atoms with van der Waals surface area (Å²) in [5.41, 5.74) is 5.48. The van der Waals surface area contributed by atoms with Gasteiger partial charge in [0.2, 0.25) is 5.91 Å². The van der Waals surface area contributed by atoms with Crippen LogP contribution in [0.3, 0.4) is 0 Å². The van der Waals surface area contributed by atoms with Gasteiger partial charge in [0.05, 0.1) is 16.6 Å². The van der Waals surface area contributed by atoms with Crippen molar-refractivity contribution in [2.24, 2.45) is 5.73 Å². The Hall–Kier alpha value is -0.590. The van der Waals surface area contributed by atoms with Crippen LogP contribution in [0.4, 0.5) is 4.39 Å². The van der Waals surface area contributed by atoms with Gasteiger partial charge in [-0.1, -0.05) is 23.2 Å². The number of nitrogens with one attached hydrogen (secondary N) is 1. The van der Waals surface area contributed by atoms with E-state index in [4.69, 9.17) is 33.7 Å². The maximum absolute atomic E-state index is 13.5. The van der Waals surface area contributed by atoms with Gasteiger partial charge in [-0.3, -0.25) is 4.79 Å². The Bertz CT molecular complexity index is 551. The van der Waals surface area contributed by atoms with Gasteiger partial charge in [-0.15, -0.1) is 12.4 Å². The highest BCUT2D eigenvalue weighted by Crippen LogP contribution is 2.32. The Labute approximate surface area is 144 Å². The number of rotatable bonds is 3. The number of amides is 1. The van der Waals surface area contributed by atoms with Crippen LogP contribution >= 0.6 is 35.6 Å². The third-order valence-corrected chi connectivity index (χ3v) is 4.41. The first-order valence-corrected chi connectivity index (χ1v) is 7.42. The zero-order valence-corrected chi connectivity index (χ0v) is 14.3. The summed E-state index contributed by atoms with van der Waals surface area (Å²) in [5.74, 6) is -0.889. The number of halogens is 4. The molecule has 1 aromatic carbocycles. The van der Waals surface area contributed by atoms with Crippen molar-refractivity contribution in [3.8, 4) is 0 Å². The molecule has 1 saturated heterocycles. The van der Waals surface area contributed by atoms with Crippen molar-refractivity contribution in [3.05, 3.63) is 33.6 Å². The van der Waals surface area contributed by atoms with Gasteiger partial charge in [-0.2, -0.15) is 0 Å². The molecule has 8 heteroatoms. The van der Waals surface area contributed by atoms with Crippen LogP contribution in [0.15, 0.2) is 12.1 Å². The minimum atomic E-state index is -0.973. The second-order valence-corrected chi connectivity index (χ2v) is 6.01. The Balaban J connectivity index is 0.00000242. The first kappa shape index (κ1) is 19.5. The molecule has 124 valence electrons.